The number of aliphatic hydroxyl groups excluding tert-OH is 1. The van der Waals surface area contributed by atoms with Gasteiger partial charge in [0.25, 0.3) is 5.91 Å². The van der Waals surface area contributed by atoms with Gasteiger partial charge < -0.3 is 10.4 Å². The summed E-state index contributed by atoms with van der Waals surface area (Å²) >= 11 is 1.55. The summed E-state index contributed by atoms with van der Waals surface area (Å²) in [6.07, 6.45) is 4.97. The number of nitrogens with one attached hydrogen (secondary N) is 1. The molecule has 124 valence electrons. The van der Waals surface area contributed by atoms with Crippen LogP contribution in [0, 0.1) is 5.41 Å². The number of carbonyl (C=O) groups excluding carboxylic acids is 1. The van der Waals surface area contributed by atoms with E-state index in [9.17, 15) is 9.90 Å². The number of imidazole rings is 1. The molecule has 0 radical (unpaired) electrons. The summed E-state index contributed by atoms with van der Waals surface area (Å²) in [6, 6.07) is 7.36. The molecule has 1 unspecified atom stereocenters. The third-order valence-corrected chi connectivity index (χ3v) is 4.30. The maximum Gasteiger partial charge on any atom is 0.251 e. The van der Waals surface area contributed by atoms with Gasteiger partial charge in [0.1, 0.15) is 0 Å². The summed E-state index contributed by atoms with van der Waals surface area (Å²) in [5, 5.41) is 13.7. The Balaban J connectivity index is 2.12. The number of hydrogen-bond acceptors (Lipinski definition) is 4. The lowest BCUT2D eigenvalue weighted by Crippen LogP contribution is -2.39. The normalized spacial score (nSPS) is 12.9. The summed E-state index contributed by atoms with van der Waals surface area (Å²) < 4.78 is 1.94. The van der Waals surface area contributed by atoms with Gasteiger partial charge in [0.2, 0.25) is 0 Å². The van der Waals surface area contributed by atoms with Crippen molar-refractivity contribution in [2.24, 2.45) is 5.41 Å². The molecule has 1 heterocycles. The Morgan fingerprint density at radius 1 is 1.43 bits per heavy atom. The van der Waals surface area contributed by atoms with Gasteiger partial charge in [-0.2, -0.15) is 0 Å². The molecule has 2 N–H and O–H groups in total. The number of amides is 1. The zero-order valence-electron chi connectivity index (χ0n) is 13.9. The Hall–Kier alpha value is -1.79. The number of thioether (sulfide) groups is 1. The average molecular weight is 333 g/mol. The topological polar surface area (TPSA) is 67.2 Å². The highest BCUT2D eigenvalue weighted by atomic mass is 32.2. The van der Waals surface area contributed by atoms with Gasteiger partial charge in [-0.1, -0.05) is 38.6 Å². The van der Waals surface area contributed by atoms with E-state index >= 15 is 0 Å². The third-order valence-electron chi connectivity index (χ3n) is 3.63. The largest absolute Gasteiger partial charge is 0.391 e. The van der Waals surface area contributed by atoms with E-state index in [0.717, 1.165) is 10.8 Å². The molecule has 1 aromatic heterocycles. The fourth-order valence-electron chi connectivity index (χ4n) is 2.03. The highest BCUT2D eigenvalue weighted by molar-refractivity contribution is 7.98. The Labute approximate surface area is 141 Å². The van der Waals surface area contributed by atoms with Crippen molar-refractivity contribution in [2.75, 3.05) is 12.8 Å². The first kappa shape index (κ1) is 17.6. The van der Waals surface area contributed by atoms with Crippen LogP contribution in [0.2, 0.25) is 0 Å². The fraction of sp³-hybridized carbons (Fsp3) is 0.412. The molecule has 0 bridgehead atoms. The lowest BCUT2D eigenvalue weighted by molar-refractivity contribution is 0.0587. The minimum absolute atomic E-state index is 0.194. The van der Waals surface area contributed by atoms with Crippen LogP contribution in [-0.2, 0) is 0 Å². The summed E-state index contributed by atoms with van der Waals surface area (Å²) in [4.78, 5) is 16.6. The monoisotopic (exact) mass is 333 g/mol. The predicted molar refractivity (Wildman–Crippen MR) is 93.1 cm³/mol. The van der Waals surface area contributed by atoms with Crippen LogP contribution in [0.1, 0.15) is 31.1 Å². The lowest BCUT2D eigenvalue weighted by Gasteiger charge is -2.25. The SMILES string of the molecule is CSc1nccn1-c1cccc(C(=O)NCC(O)C(C)(C)C)c1. The minimum Gasteiger partial charge on any atom is -0.391 e. The smallest absolute Gasteiger partial charge is 0.251 e. The van der Waals surface area contributed by atoms with Crippen LogP contribution in [0.4, 0.5) is 0 Å². The maximum atomic E-state index is 12.3. The summed E-state index contributed by atoms with van der Waals surface area (Å²) in [5.41, 5.74) is 1.18. The molecule has 0 saturated carbocycles. The molecule has 1 aromatic carbocycles. The van der Waals surface area contributed by atoms with Gasteiger partial charge in [0.15, 0.2) is 5.16 Å². The second-order valence-corrected chi connectivity index (χ2v) is 7.20. The summed E-state index contributed by atoms with van der Waals surface area (Å²) in [6.45, 7) is 6.04. The van der Waals surface area contributed by atoms with Crippen molar-refractivity contribution in [2.45, 2.75) is 32.0 Å². The van der Waals surface area contributed by atoms with Gasteiger partial charge in [0, 0.05) is 30.2 Å². The Morgan fingerprint density at radius 3 is 2.83 bits per heavy atom. The zero-order chi connectivity index (χ0) is 17.0. The van der Waals surface area contributed by atoms with Crippen molar-refractivity contribution in [1.82, 2.24) is 14.9 Å². The number of carbonyl (C=O) groups is 1. The molecule has 1 atom stereocenters. The summed E-state index contributed by atoms with van der Waals surface area (Å²) in [5.74, 6) is -0.194. The molecule has 5 nitrogen and oxygen atoms in total. The van der Waals surface area contributed by atoms with Crippen molar-refractivity contribution in [3.05, 3.63) is 42.2 Å². The van der Waals surface area contributed by atoms with Gasteiger partial charge >= 0.3 is 0 Å². The quantitative estimate of drug-likeness (QED) is 0.826. The molecule has 0 aliphatic heterocycles. The van der Waals surface area contributed by atoms with Crippen LogP contribution in [-0.4, -0.2) is 39.5 Å². The molecule has 0 saturated heterocycles. The minimum atomic E-state index is -0.591. The van der Waals surface area contributed by atoms with Crippen LogP contribution >= 0.6 is 11.8 Å². The van der Waals surface area contributed by atoms with Crippen molar-refractivity contribution < 1.29 is 9.90 Å². The summed E-state index contributed by atoms with van der Waals surface area (Å²) in [7, 11) is 0. The standard InChI is InChI=1S/C17H23N3O2S/c1-17(2,3)14(21)11-19-15(22)12-6-5-7-13(10-12)20-9-8-18-16(20)23-4/h5-10,14,21H,11H2,1-4H3,(H,19,22). The fourth-order valence-corrected chi connectivity index (χ4v) is 2.56. The molecule has 6 heteroatoms. The number of rotatable bonds is 5. The molecule has 0 spiro atoms. The lowest BCUT2D eigenvalue weighted by atomic mass is 9.89. The molecule has 0 aliphatic rings. The van der Waals surface area contributed by atoms with Gasteiger partial charge in [-0.05, 0) is 29.9 Å². The van der Waals surface area contributed by atoms with Crippen molar-refractivity contribution in [3.8, 4) is 5.69 Å². The Bertz CT molecular complexity index is 676. The van der Waals surface area contributed by atoms with E-state index in [-0.39, 0.29) is 17.9 Å². The molecule has 0 aliphatic carbocycles. The molecule has 2 rings (SSSR count). The first-order valence-corrected chi connectivity index (χ1v) is 8.69. The van der Waals surface area contributed by atoms with Gasteiger partial charge in [-0.3, -0.25) is 9.36 Å². The van der Waals surface area contributed by atoms with E-state index in [2.05, 4.69) is 10.3 Å². The van der Waals surface area contributed by atoms with E-state index in [1.165, 1.54) is 0 Å². The average Bonchev–Trinajstić information content (AvgIpc) is 3.00. The Kier molecular flexibility index (Phi) is 5.49. The predicted octanol–water partition coefficient (Wildman–Crippen LogP) is 2.73. The zero-order valence-corrected chi connectivity index (χ0v) is 14.7. The number of hydrogen-bond donors (Lipinski definition) is 2. The second kappa shape index (κ2) is 7.19. The molecule has 2 aromatic rings. The van der Waals surface area contributed by atoms with Crippen LogP contribution in [0.15, 0.2) is 41.8 Å². The van der Waals surface area contributed by atoms with E-state index in [1.807, 2.05) is 56.0 Å². The van der Waals surface area contributed by atoms with E-state index in [4.69, 9.17) is 0 Å². The van der Waals surface area contributed by atoms with Crippen LogP contribution in [0.5, 0.6) is 0 Å². The van der Waals surface area contributed by atoms with E-state index in [1.54, 1.807) is 24.0 Å². The van der Waals surface area contributed by atoms with Crippen molar-refractivity contribution in [3.63, 3.8) is 0 Å². The molecular weight excluding hydrogens is 310 g/mol. The second-order valence-electron chi connectivity index (χ2n) is 6.43. The van der Waals surface area contributed by atoms with Crippen molar-refractivity contribution >= 4 is 17.7 Å². The number of aromatic nitrogens is 2. The number of aliphatic hydroxyl groups is 1. The highest BCUT2D eigenvalue weighted by Crippen LogP contribution is 2.20. The highest BCUT2D eigenvalue weighted by Gasteiger charge is 2.22. The Morgan fingerprint density at radius 2 is 2.17 bits per heavy atom. The first-order chi connectivity index (χ1) is 10.8. The van der Waals surface area contributed by atoms with Crippen LogP contribution < -0.4 is 5.32 Å². The number of nitrogens with zero attached hydrogens (tertiary/aromatic N) is 2. The molecule has 23 heavy (non-hydrogen) atoms. The van der Waals surface area contributed by atoms with Gasteiger partial charge in [-0.25, -0.2) is 4.98 Å². The molecular formula is C17H23N3O2S. The molecule has 1 amide bonds. The third kappa shape index (κ3) is 4.36. The maximum absolute atomic E-state index is 12.3. The van der Waals surface area contributed by atoms with E-state index < -0.39 is 6.10 Å². The van der Waals surface area contributed by atoms with Gasteiger partial charge in [0.05, 0.1) is 6.10 Å². The van der Waals surface area contributed by atoms with Crippen LogP contribution in [0.25, 0.3) is 5.69 Å². The molecule has 0 fully saturated rings. The van der Waals surface area contributed by atoms with E-state index in [0.29, 0.717) is 5.56 Å². The first-order valence-electron chi connectivity index (χ1n) is 7.47. The number of benzene rings is 1. The van der Waals surface area contributed by atoms with Crippen molar-refractivity contribution in [1.29, 1.82) is 0 Å². The van der Waals surface area contributed by atoms with Crippen LogP contribution in [0.3, 0.4) is 0 Å². The van der Waals surface area contributed by atoms with Gasteiger partial charge in [-0.15, -0.1) is 0 Å².